The van der Waals surface area contributed by atoms with E-state index in [4.69, 9.17) is 0 Å². The van der Waals surface area contributed by atoms with Gasteiger partial charge in [0.1, 0.15) is 10.7 Å². The smallest absolute Gasteiger partial charge is 0.245 e. The third kappa shape index (κ3) is 2.85. The summed E-state index contributed by atoms with van der Waals surface area (Å²) in [7, 11) is -3.82. The first-order chi connectivity index (χ1) is 10.6. The summed E-state index contributed by atoms with van der Waals surface area (Å²) in [6, 6.07) is 4.20. The molecule has 0 spiro atoms. The lowest BCUT2D eigenvalue weighted by Gasteiger charge is -2.35. The third-order valence-electron chi connectivity index (χ3n) is 3.55. The highest BCUT2D eigenvalue weighted by Gasteiger charge is 2.34. The highest BCUT2D eigenvalue weighted by atomic mass is 32.2. The molecule has 1 aliphatic heterocycles. The van der Waals surface area contributed by atoms with Crippen LogP contribution in [0.15, 0.2) is 47.9 Å². The van der Waals surface area contributed by atoms with Gasteiger partial charge < -0.3 is 5.32 Å². The molecule has 3 heterocycles. The summed E-state index contributed by atoms with van der Waals surface area (Å²) < 4.78 is 40.3. The molecule has 8 heteroatoms. The summed E-state index contributed by atoms with van der Waals surface area (Å²) in [5.74, 6) is -0.672. The number of nitrogens with one attached hydrogen (secondary N) is 1. The predicted octanol–water partition coefficient (Wildman–Crippen LogP) is 0.951. The molecule has 1 atom stereocenters. The molecule has 1 saturated heterocycles. The van der Waals surface area contributed by atoms with Crippen LogP contribution in [0.1, 0.15) is 11.6 Å². The average molecular weight is 322 g/mol. The van der Waals surface area contributed by atoms with E-state index in [0.717, 1.165) is 17.8 Å². The van der Waals surface area contributed by atoms with Crippen molar-refractivity contribution in [2.24, 2.45) is 0 Å². The van der Waals surface area contributed by atoms with E-state index in [1.807, 2.05) is 6.07 Å². The second kappa shape index (κ2) is 6.07. The van der Waals surface area contributed by atoms with E-state index in [0.29, 0.717) is 19.6 Å². The van der Waals surface area contributed by atoms with Crippen molar-refractivity contribution in [1.29, 1.82) is 0 Å². The molecule has 0 amide bonds. The Hall–Kier alpha value is -1.90. The van der Waals surface area contributed by atoms with Crippen LogP contribution in [0.25, 0.3) is 0 Å². The number of rotatable bonds is 3. The van der Waals surface area contributed by atoms with Gasteiger partial charge in [-0.1, -0.05) is 6.07 Å². The predicted molar refractivity (Wildman–Crippen MR) is 77.9 cm³/mol. The molecule has 6 nitrogen and oxygen atoms in total. The van der Waals surface area contributed by atoms with Crippen LogP contribution in [-0.4, -0.2) is 42.3 Å². The summed E-state index contributed by atoms with van der Waals surface area (Å²) >= 11 is 0. The van der Waals surface area contributed by atoms with Crippen molar-refractivity contribution in [3.63, 3.8) is 0 Å². The highest BCUT2D eigenvalue weighted by molar-refractivity contribution is 7.89. The Labute approximate surface area is 128 Å². The number of nitrogens with zero attached hydrogens (tertiary/aromatic N) is 3. The van der Waals surface area contributed by atoms with E-state index in [2.05, 4.69) is 15.3 Å². The molecule has 0 bridgehead atoms. The zero-order valence-corrected chi connectivity index (χ0v) is 12.5. The summed E-state index contributed by atoms with van der Waals surface area (Å²) in [4.78, 5) is 7.54. The molecule has 2 aromatic heterocycles. The third-order valence-corrected chi connectivity index (χ3v) is 5.42. The van der Waals surface area contributed by atoms with Gasteiger partial charge in [-0.25, -0.2) is 12.8 Å². The molecule has 1 N–H and O–H groups in total. The number of pyridine rings is 2. The summed E-state index contributed by atoms with van der Waals surface area (Å²) in [6.07, 6.45) is 5.43. The highest BCUT2D eigenvalue weighted by Crippen LogP contribution is 2.28. The van der Waals surface area contributed by atoms with Crippen molar-refractivity contribution in [3.05, 3.63) is 54.4 Å². The largest absolute Gasteiger partial charge is 0.313 e. The lowest BCUT2D eigenvalue weighted by atomic mass is 10.1. The van der Waals surface area contributed by atoms with Crippen LogP contribution in [0.2, 0.25) is 0 Å². The van der Waals surface area contributed by atoms with Crippen LogP contribution in [0.3, 0.4) is 0 Å². The minimum Gasteiger partial charge on any atom is -0.313 e. The number of halogens is 1. The lowest BCUT2D eigenvalue weighted by Crippen LogP contribution is -2.48. The van der Waals surface area contributed by atoms with Gasteiger partial charge in [0.2, 0.25) is 10.0 Å². The van der Waals surface area contributed by atoms with E-state index in [1.54, 1.807) is 18.5 Å². The molecule has 116 valence electrons. The van der Waals surface area contributed by atoms with E-state index in [1.165, 1.54) is 10.5 Å². The Morgan fingerprint density at radius 2 is 2.14 bits per heavy atom. The number of aromatic nitrogens is 2. The Bertz CT molecular complexity index is 754. The van der Waals surface area contributed by atoms with Crippen molar-refractivity contribution < 1.29 is 12.8 Å². The normalized spacial score (nSPS) is 20.0. The molecule has 0 saturated carbocycles. The van der Waals surface area contributed by atoms with Gasteiger partial charge in [0, 0.05) is 38.2 Å². The van der Waals surface area contributed by atoms with E-state index >= 15 is 0 Å². The fraction of sp³-hybridized carbons (Fsp3) is 0.286. The van der Waals surface area contributed by atoms with Crippen molar-refractivity contribution in [3.8, 4) is 0 Å². The van der Waals surface area contributed by atoms with Gasteiger partial charge in [0.15, 0.2) is 0 Å². The number of piperazine rings is 1. The van der Waals surface area contributed by atoms with Crippen LogP contribution < -0.4 is 5.32 Å². The molecule has 0 aromatic carbocycles. The molecule has 1 aliphatic rings. The minimum absolute atomic E-state index is 0.136. The van der Waals surface area contributed by atoms with Gasteiger partial charge in [0.25, 0.3) is 0 Å². The van der Waals surface area contributed by atoms with Gasteiger partial charge in [-0.15, -0.1) is 0 Å². The number of sulfonamides is 1. The topological polar surface area (TPSA) is 75.2 Å². The fourth-order valence-corrected chi connectivity index (χ4v) is 4.09. The van der Waals surface area contributed by atoms with Crippen LogP contribution in [0, 0.1) is 5.82 Å². The maximum Gasteiger partial charge on any atom is 0.245 e. The molecule has 0 aliphatic carbocycles. The Morgan fingerprint density at radius 1 is 1.27 bits per heavy atom. The quantitative estimate of drug-likeness (QED) is 0.911. The summed E-state index contributed by atoms with van der Waals surface area (Å²) in [5, 5.41) is 3.17. The molecule has 0 radical (unpaired) electrons. The summed E-state index contributed by atoms with van der Waals surface area (Å²) in [5.41, 5.74) is 0.794. The first kappa shape index (κ1) is 15.0. The first-order valence-electron chi connectivity index (χ1n) is 6.82. The minimum atomic E-state index is -3.82. The zero-order chi connectivity index (χ0) is 15.6. The van der Waals surface area contributed by atoms with Crippen molar-refractivity contribution >= 4 is 10.0 Å². The average Bonchev–Trinajstić information content (AvgIpc) is 2.56. The maximum absolute atomic E-state index is 13.3. The van der Waals surface area contributed by atoms with Gasteiger partial charge in [-0.05, 0) is 17.7 Å². The number of hydrogen-bond acceptors (Lipinski definition) is 5. The van der Waals surface area contributed by atoms with Crippen LogP contribution in [-0.2, 0) is 10.0 Å². The van der Waals surface area contributed by atoms with E-state index in [9.17, 15) is 12.8 Å². The van der Waals surface area contributed by atoms with Gasteiger partial charge >= 0.3 is 0 Å². The van der Waals surface area contributed by atoms with Crippen molar-refractivity contribution in [2.45, 2.75) is 10.9 Å². The molecule has 1 unspecified atom stereocenters. The second-order valence-electron chi connectivity index (χ2n) is 4.96. The maximum atomic E-state index is 13.3. The lowest BCUT2D eigenvalue weighted by molar-refractivity contribution is 0.271. The molecule has 2 aromatic rings. The zero-order valence-electron chi connectivity index (χ0n) is 11.7. The van der Waals surface area contributed by atoms with Crippen LogP contribution in [0.5, 0.6) is 0 Å². The van der Waals surface area contributed by atoms with E-state index < -0.39 is 15.8 Å². The van der Waals surface area contributed by atoms with Gasteiger partial charge in [-0.2, -0.15) is 4.31 Å². The van der Waals surface area contributed by atoms with Crippen molar-refractivity contribution in [1.82, 2.24) is 19.6 Å². The van der Waals surface area contributed by atoms with E-state index in [-0.39, 0.29) is 10.9 Å². The molecule has 3 rings (SSSR count). The molecular weight excluding hydrogens is 307 g/mol. The molecular formula is C14H15FN4O2S. The van der Waals surface area contributed by atoms with Gasteiger partial charge in [-0.3, -0.25) is 9.97 Å². The molecule has 22 heavy (non-hydrogen) atoms. The van der Waals surface area contributed by atoms with Gasteiger partial charge in [0.05, 0.1) is 12.2 Å². The van der Waals surface area contributed by atoms with Crippen LogP contribution >= 0.6 is 0 Å². The fourth-order valence-electron chi connectivity index (χ4n) is 2.50. The SMILES string of the molecule is O=S(=O)(c1cncc(F)c1)N1CCNCC1c1cccnc1. The van der Waals surface area contributed by atoms with Crippen LogP contribution in [0.4, 0.5) is 4.39 Å². The standard InChI is InChI=1S/C14H15FN4O2S/c15-12-6-13(9-18-8-12)22(20,21)19-5-4-17-10-14(19)11-2-1-3-16-7-11/h1-3,6-9,14,17H,4-5,10H2. The Morgan fingerprint density at radius 3 is 2.86 bits per heavy atom. The second-order valence-corrected chi connectivity index (χ2v) is 6.85. The van der Waals surface area contributed by atoms with Crippen molar-refractivity contribution in [2.75, 3.05) is 19.6 Å². The summed E-state index contributed by atoms with van der Waals surface area (Å²) in [6.45, 7) is 1.32. The Balaban J connectivity index is 2.00. The monoisotopic (exact) mass is 322 g/mol. The molecule has 1 fully saturated rings. The first-order valence-corrected chi connectivity index (χ1v) is 8.26. The Kier molecular flexibility index (Phi) is 4.14. The number of hydrogen-bond donors (Lipinski definition) is 1.